The number of carbonyl (C=O) groups excluding carboxylic acids is 2. The largest absolute Gasteiger partial charge is 0.480 e. The highest BCUT2D eigenvalue weighted by Gasteiger charge is 2.22. The number of carbonyl (C=O) groups is 3. The standard InChI is InChI=1S/C13H25N3O4/c1-3-4-5-8-15-9(2)12(18)16-10(13(19)20)6-7-11(14)17/h9-10,15H,3-8H2,1-2H3,(H2,14,17)(H,16,18)(H,19,20). The molecule has 0 heterocycles. The minimum Gasteiger partial charge on any atom is -0.480 e. The van der Waals surface area contributed by atoms with Crippen LogP contribution in [0.2, 0.25) is 0 Å². The Morgan fingerprint density at radius 3 is 2.40 bits per heavy atom. The lowest BCUT2D eigenvalue weighted by Gasteiger charge is -2.18. The molecule has 0 aliphatic rings. The van der Waals surface area contributed by atoms with Crippen molar-refractivity contribution in [3.63, 3.8) is 0 Å². The maximum Gasteiger partial charge on any atom is 0.326 e. The maximum absolute atomic E-state index is 11.8. The molecule has 5 N–H and O–H groups in total. The molecule has 116 valence electrons. The van der Waals surface area contributed by atoms with E-state index in [1.54, 1.807) is 6.92 Å². The molecule has 0 aromatic carbocycles. The zero-order valence-corrected chi connectivity index (χ0v) is 12.1. The summed E-state index contributed by atoms with van der Waals surface area (Å²) in [5, 5.41) is 14.4. The molecule has 0 rings (SSSR count). The smallest absolute Gasteiger partial charge is 0.326 e. The van der Waals surface area contributed by atoms with Crippen molar-refractivity contribution in [3.8, 4) is 0 Å². The first kappa shape index (κ1) is 18.4. The van der Waals surface area contributed by atoms with E-state index in [2.05, 4.69) is 17.6 Å². The predicted molar refractivity (Wildman–Crippen MR) is 75.0 cm³/mol. The maximum atomic E-state index is 11.8. The van der Waals surface area contributed by atoms with E-state index in [0.29, 0.717) is 6.54 Å². The van der Waals surface area contributed by atoms with E-state index in [1.807, 2.05) is 0 Å². The van der Waals surface area contributed by atoms with Crippen LogP contribution in [0.3, 0.4) is 0 Å². The van der Waals surface area contributed by atoms with Gasteiger partial charge in [-0.25, -0.2) is 4.79 Å². The van der Waals surface area contributed by atoms with Gasteiger partial charge in [0.25, 0.3) is 0 Å². The van der Waals surface area contributed by atoms with Gasteiger partial charge in [-0.3, -0.25) is 9.59 Å². The number of unbranched alkanes of at least 4 members (excludes halogenated alkanes) is 2. The Labute approximate surface area is 119 Å². The number of rotatable bonds is 11. The van der Waals surface area contributed by atoms with Gasteiger partial charge in [0, 0.05) is 6.42 Å². The molecule has 2 atom stereocenters. The average molecular weight is 287 g/mol. The molecule has 0 spiro atoms. The molecule has 0 aromatic heterocycles. The fraction of sp³-hybridized carbons (Fsp3) is 0.769. The molecular formula is C13H25N3O4. The van der Waals surface area contributed by atoms with Gasteiger partial charge >= 0.3 is 5.97 Å². The lowest BCUT2D eigenvalue weighted by Crippen LogP contribution is -2.49. The third kappa shape index (κ3) is 8.47. The van der Waals surface area contributed by atoms with Crippen LogP contribution < -0.4 is 16.4 Å². The summed E-state index contributed by atoms with van der Waals surface area (Å²) in [6.07, 6.45) is 3.07. The topological polar surface area (TPSA) is 122 Å². The molecule has 0 aliphatic heterocycles. The SMILES string of the molecule is CCCCCNC(C)C(=O)NC(CCC(N)=O)C(=O)O. The molecule has 20 heavy (non-hydrogen) atoms. The fourth-order valence-corrected chi connectivity index (χ4v) is 1.63. The Kier molecular flexibility index (Phi) is 9.36. The highest BCUT2D eigenvalue weighted by molar-refractivity contribution is 5.87. The van der Waals surface area contributed by atoms with Gasteiger partial charge in [0.2, 0.25) is 11.8 Å². The highest BCUT2D eigenvalue weighted by atomic mass is 16.4. The number of primary amides is 1. The number of carboxylic acid groups (broad SMARTS) is 1. The summed E-state index contributed by atoms with van der Waals surface area (Å²) in [6, 6.07) is -1.56. The number of nitrogens with two attached hydrogens (primary N) is 1. The summed E-state index contributed by atoms with van der Waals surface area (Å²) in [5.41, 5.74) is 4.97. The van der Waals surface area contributed by atoms with Crippen molar-refractivity contribution in [2.75, 3.05) is 6.54 Å². The van der Waals surface area contributed by atoms with E-state index in [1.165, 1.54) is 0 Å². The van der Waals surface area contributed by atoms with Gasteiger partial charge < -0.3 is 21.5 Å². The van der Waals surface area contributed by atoms with E-state index in [0.717, 1.165) is 19.3 Å². The Morgan fingerprint density at radius 1 is 1.25 bits per heavy atom. The Bertz CT molecular complexity index is 334. The van der Waals surface area contributed by atoms with Crippen LogP contribution in [0.15, 0.2) is 0 Å². The molecule has 0 saturated carbocycles. The molecule has 0 bridgehead atoms. The van der Waals surface area contributed by atoms with Crippen LogP contribution in [0, 0.1) is 0 Å². The third-order valence-corrected chi connectivity index (χ3v) is 2.92. The van der Waals surface area contributed by atoms with E-state index in [-0.39, 0.29) is 12.8 Å². The molecular weight excluding hydrogens is 262 g/mol. The van der Waals surface area contributed by atoms with Crippen molar-refractivity contribution in [1.82, 2.24) is 10.6 Å². The zero-order chi connectivity index (χ0) is 15.5. The van der Waals surface area contributed by atoms with E-state index < -0.39 is 29.9 Å². The minimum absolute atomic E-state index is 0.00103. The van der Waals surface area contributed by atoms with Crippen molar-refractivity contribution in [3.05, 3.63) is 0 Å². The summed E-state index contributed by atoms with van der Waals surface area (Å²) in [4.78, 5) is 33.4. The molecule has 7 heteroatoms. The molecule has 0 aliphatic carbocycles. The molecule has 0 saturated heterocycles. The number of hydrogen-bond donors (Lipinski definition) is 4. The first-order valence-corrected chi connectivity index (χ1v) is 6.93. The van der Waals surface area contributed by atoms with Gasteiger partial charge in [-0.05, 0) is 26.3 Å². The van der Waals surface area contributed by atoms with Crippen LogP contribution in [0.5, 0.6) is 0 Å². The van der Waals surface area contributed by atoms with Gasteiger partial charge in [-0.2, -0.15) is 0 Å². The molecule has 2 amide bonds. The van der Waals surface area contributed by atoms with Crippen LogP contribution in [0.1, 0.15) is 46.0 Å². The zero-order valence-electron chi connectivity index (χ0n) is 12.1. The van der Waals surface area contributed by atoms with Gasteiger partial charge in [0.1, 0.15) is 6.04 Å². The van der Waals surface area contributed by atoms with Gasteiger partial charge in [0.15, 0.2) is 0 Å². The van der Waals surface area contributed by atoms with Crippen molar-refractivity contribution < 1.29 is 19.5 Å². The first-order chi connectivity index (χ1) is 9.38. The lowest BCUT2D eigenvalue weighted by atomic mass is 10.1. The summed E-state index contributed by atoms with van der Waals surface area (Å²) in [6.45, 7) is 4.47. The summed E-state index contributed by atoms with van der Waals surface area (Å²) in [5.74, 6) is -2.15. The van der Waals surface area contributed by atoms with Crippen LogP contribution in [0.25, 0.3) is 0 Å². The third-order valence-electron chi connectivity index (χ3n) is 2.92. The molecule has 2 unspecified atom stereocenters. The van der Waals surface area contributed by atoms with Crippen LogP contribution >= 0.6 is 0 Å². The summed E-state index contributed by atoms with van der Waals surface area (Å²) >= 11 is 0. The Morgan fingerprint density at radius 2 is 1.90 bits per heavy atom. The van der Waals surface area contributed by atoms with Crippen molar-refractivity contribution in [1.29, 1.82) is 0 Å². The van der Waals surface area contributed by atoms with Gasteiger partial charge in [-0.1, -0.05) is 19.8 Å². The monoisotopic (exact) mass is 287 g/mol. The number of nitrogens with one attached hydrogen (secondary N) is 2. The number of amides is 2. The normalized spacial score (nSPS) is 13.5. The second-order valence-corrected chi connectivity index (χ2v) is 4.79. The summed E-state index contributed by atoms with van der Waals surface area (Å²) < 4.78 is 0. The fourth-order valence-electron chi connectivity index (χ4n) is 1.63. The first-order valence-electron chi connectivity index (χ1n) is 6.93. The lowest BCUT2D eigenvalue weighted by molar-refractivity contribution is -0.142. The Balaban J connectivity index is 4.16. The minimum atomic E-state index is -1.17. The molecule has 7 nitrogen and oxygen atoms in total. The van der Waals surface area contributed by atoms with Gasteiger partial charge in [0.05, 0.1) is 6.04 Å². The number of carboxylic acids is 1. The Hall–Kier alpha value is -1.63. The van der Waals surface area contributed by atoms with Gasteiger partial charge in [-0.15, -0.1) is 0 Å². The van der Waals surface area contributed by atoms with Crippen molar-refractivity contribution >= 4 is 17.8 Å². The van der Waals surface area contributed by atoms with Crippen molar-refractivity contribution in [2.45, 2.75) is 58.0 Å². The summed E-state index contributed by atoms with van der Waals surface area (Å²) in [7, 11) is 0. The van der Waals surface area contributed by atoms with Crippen LogP contribution in [0.4, 0.5) is 0 Å². The van der Waals surface area contributed by atoms with E-state index in [9.17, 15) is 14.4 Å². The van der Waals surface area contributed by atoms with E-state index >= 15 is 0 Å². The quantitative estimate of drug-likeness (QED) is 0.398. The number of hydrogen-bond acceptors (Lipinski definition) is 4. The molecule has 0 aromatic rings. The van der Waals surface area contributed by atoms with Crippen molar-refractivity contribution in [2.24, 2.45) is 5.73 Å². The number of aliphatic carboxylic acids is 1. The molecule has 0 fully saturated rings. The second kappa shape index (κ2) is 10.2. The van der Waals surface area contributed by atoms with E-state index in [4.69, 9.17) is 10.8 Å². The van der Waals surface area contributed by atoms with Crippen LogP contribution in [-0.2, 0) is 14.4 Å². The average Bonchev–Trinajstić information content (AvgIpc) is 2.38. The predicted octanol–water partition coefficient (Wildman–Crippen LogP) is -0.0104. The second-order valence-electron chi connectivity index (χ2n) is 4.79. The molecule has 0 radical (unpaired) electrons. The highest BCUT2D eigenvalue weighted by Crippen LogP contribution is 1.99. The van der Waals surface area contributed by atoms with Crippen LogP contribution in [-0.4, -0.2) is 41.5 Å².